The van der Waals surface area contributed by atoms with Crippen molar-refractivity contribution in [2.45, 2.75) is 13.5 Å². The highest BCUT2D eigenvalue weighted by atomic mass is 16.5. The summed E-state index contributed by atoms with van der Waals surface area (Å²) in [7, 11) is 1.67. The van der Waals surface area contributed by atoms with Crippen LogP contribution in [0, 0.1) is 0 Å². The molecule has 0 amide bonds. The topological polar surface area (TPSA) is 60.3 Å². The van der Waals surface area contributed by atoms with Gasteiger partial charge in [0.2, 0.25) is 0 Å². The van der Waals surface area contributed by atoms with Crippen LogP contribution in [0.5, 0.6) is 11.5 Å². The van der Waals surface area contributed by atoms with Gasteiger partial charge in [-0.15, -0.1) is 0 Å². The van der Waals surface area contributed by atoms with Crippen LogP contribution in [-0.2, 0) is 6.54 Å². The number of phenolic OH excluding ortho intramolecular Hbond substituents is 1. The lowest BCUT2D eigenvalue weighted by Gasteiger charge is -2.37. The molecule has 1 aliphatic rings. The second kappa shape index (κ2) is 9.16. The summed E-state index contributed by atoms with van der Waals surface area (Å²) in [4.78, 5) is 9.30. The van der Waals surface area contributed by atoms with Gasteiger partial charge in [0.05, 0.1) is 19.3 Å². The monoisotopic (exact) mass is 368 g/mol. The van der Waals surface area contributed by atoms with Crippen LogP contribution < -0.4 is 15.0 Å². The Balaban J connectivity index is 1.62. The molecule has 6 nitrogen and oxygen atoms in total. The number of phenols is 1. The van der Waals surface area contributed by atoms with Gasteiger partial charge in [-0.1, -0.05) is 24.3 Å². The fourth-order valence-electron chi connectivity index (χ4n) is 3.21. The van der Waals surface area contributed by atoms with Gasteiger partial charge in [0, 0.05) is 32.7 Å². The Bertz CT molecular complexity index is 753. The number of nitrogens with zero attached hydrogens (tertiary/aromatic N) is 3. The van der Waals surface area contributed by atoms with Gasteiger partial charge in [0.25, 0.3) is 0 Å². The minimum Gasteiger partial charge on any atom is -0.506 e. The number of hydrogen-bond donors (Lipinski definition) is 2. The van der Waals surface area contributed by atoms with Crippen LogP contribution in [0.2, 0.25) is 0 Å². The maximum Gasteiger partial charge on any atom is 0.194 e. The number of rotatable bonds is 5. The maximum absolute atomic E-state index is 10.1. The van der Waals surface area contributed by atoms with Crippen LogP contribution in [-0.4, -0.2) is 55.8 Å². The van der Waals surface area contributed by atoms with Gasteiger partial charge in [0.15, 0.2) is 5.96 Å². The highest BCUT2D eigenvalue weighted by Gasteiger charge is 2.21. The van der Waals surface area contributed by atoms with E-state index in [1.165, 1.54) is 0 Å². The average Bonchev–Trinajstić information content (AvgIpc) is 2.72. The van der Waals surface area contributed by atoms with Gasteiger partial charge in [-0.25, -0.2) is 4.99 Å². The van der Waals surface area contributed by atoms with Gasteiger partial charge < -0.3 is 25.0 Å². The van der Waals surface area contributed by atoms with E-state index in [4.69, 9.17) is 9.73 Å². The molecule has 0 bridgehead atoms. The van der Waals surface area contributed by atoms with Gasteiger partial charge >= 0.3 is 0 Å². The molecule has 2 aromatic carbocycles. The molecule has 1 fully saturated rings. The van der Waals surface area contributed by atoms with E-state index in [-0.39, 0.29) is 0 Å². The van der Waals surface area contributed by atoms with Crippen molar-refractivity contribution in [1.29, 1.82) is 0 Å². The summed E-state index contributed by atoms with van der Waals surface area (Å²) >= 11 is 0. The number of para-hydroxylation sites is 2. The van der Waals surface area contributed by atoms with E-state index in [0.29, 0.717) is 12.3 Å². The van der Waals surface area contributed by atoms with Crippen molar-refractivity contribution >= 4 is 11.6 Å². The molecule has 0 radical (unpaired) electrons. The number of methoxy groups -OCH3 is 1. The Hall–Kier alpha value is -2.89. The second-order valence-electron chi connectivity index (χ2n) is 6.48. The van der Waals surface area contributed by atoms with Crippen LogP contribution in [0.1, 0.15) is 12.5 Å². The summed E-state index contributed by atoms with van der Waals surface area (Å²) in [6, 6.07) is 15.5. The minimum absolute atomic E-state index is 0.339. The molecular formula is C21H28N4O2. The SMILES string of the molecule is CCNC(=NCc1ccc(OC)cc1)N1CCN(c2ccccc2O)CC1. The smallest absolute Gasteiger partial charge is 0.194 e. The third-order valence-electron chi connectivity index (χ3n) is 4.71. The van der Waals surface area contributed by atoms with E-state index in [2.05, 4.69) is 22.0 Å². The molecule has 0 spiro atoms. The summed E-state index contributed by atoms with van der Waals surface area (Å²) in [5, 5.41) is 13.5. The van der Waals surface area contributed by atoms with E-state index in [0.717, 1.165) is 55.7 Å². The van der Waals surface area contributed by atoms with E-state index in [9.17, 15) is 5.11 Å². The predicted molar refractivity (Wildman–Crippen MR) is 110 cm³/mol. The van der Waals surface area contributed by atoms with Crippen LogP contribution in [0.15, 0.2) is 53.5 Å². The van der Waals surface area contributed by atoms with Crippen LogP contribution >= 0.6 is 0 Å². The summed E-state index contributed by atoms with van der Waals surface area (Å²) in [5.74, 6) is 2.13. The maximum atomic E-state index is 10.1. The van der Waals surface area contributed by atoms with Crippen molar-refractivity contribution in [1.82, 2.24) is 10.2 Å². The standard InChI is InChI=1S/C21H28N4O2/c1-3-22-21(23-16-17-8-10-18(27-2)11-9-17)25-14-12-24(13-15-25)19-6-4-5-7-20(19)26/h4-11,26H,3,12-16H2,1-2H3,(H,22,23). The quantitative estimate of drug-likeness (QED) is 0.628. The molecule has 3 rings (SSSR count). The zero-order valence-corrected chi connectivity index (χ0v) is 16.1. The van der Waals surface area contributed by atoms with Crippen molar-refractivity contribution in [3.8, 4) is 11.5 Å². The van der Waals surface area contributed by atoms with E-state index >= 15 is 0 Å². The summed E-state index contributed by atoms with van der Waals surface area (Å²) in [5.41, 5.74) is 2.05. The average molecular weight is 368 g/mol. The lowest BCUT2D eigenvalue weighted by molar-refractivity contribution is 0.369. The number of anilines is 1. The number of hydrogen-bond acceptors (Lipinski definition) is 4. The minimum atomic E-state index is 0.339. The van der Waals surface area contributed by atoms with E-state index in [1.54, 1.807) is 13.2 Å². The first kappa shape index (κ1) is 18.9. The number of benzene rings is 2. The Morgan fingerprint density at radius 3 is 2.41 bits per heavy atom. The number of ether oxygens (including phenoxy) is 1. The molecule has 1 aliphatic heterocycles. The fraction of sp³-hybridized carbons (Fsp3) is 0.381. The van der Waals surface area contributed by atoms with Crippen molar-refractivity contribution in [2.75, 3.05) is 44.7 Å². The van der Waals surface area contributed by atoms with Gasteiger partial charge in [-0.2, -0.15) is 0 Å². The van der Waals surface area contributed by atoms with Crippen molar-refractivity contribution in [3.05, 3.63) is 54.1 Å². The van der Waals surface area contributed by atoms with E-state index < -0.39 is 0 Å². The highest BCUT2D eigenvalue weighted by molar-refractivity contribution is 5.80. The number of guanidine groups is 1. The third kappa shape index (κ3) is 4.84. The molecule has 0 aliphatic carbocycles. The number of aromatic hydroxyl groups is 1. The molecule has 0 aromatic heterocycles. The zero-order valence-electron chi connectivity index (χ0n) is 16.1. The lowest BCUT2D eigenvalue weighted by atomic mass is 10.2. The van der Waals surface area contributed by atoms with Crippen molar-refractivity contribution in [2.24, 2.45) is 4.99 Å². The Morgan fingerprint density at radius 1 is 1.07 bits per heavy atom. The summed E-state index contributed by atoms with van der Waals surface area (Å²) < 4.78 is 5.20. The molecule has 0 saturated carbocycles. The zero-order chi connectivity index (χ0) is 19.1. The molecule has 0 atom stereocenters. The molecule has 6 heteroatoms. The molecule has 2 N–H and O–H groups in total. The fourth-order valence-corrected chi connectivity index (χ4v) is 3.21. The summed E-state index contributed by atoms with van der Waals surface area (Å²) in [6.45, 7) is 6.98. The molecule has 0 unspecified atom stereocenters. The van der Waals surface area contributed by atoms with Crippen LogP contribution in [0.4, 0.5) is 5.69 Å². The largest absolute Gasteiger partial charge is 0.506 e. The predicted octanol–water partition coefficient (Wildman–Crippen LogP) is 2.69. The number of aliphatic imine (C=N–C) groups is 1. The molecule has 1 saturated heterocycles. The Labute approximate surface area is 161 Å². The van der Waals surface area contributed by atoms with Crippen LogP contribution in [0.25, 0.3) is 0 Å². The first-order valence-corrected chi connectivity index (χ1v) is 9.40. The van der Waals surface area contributed by atoms with Crippen molar-refractivity contribution in [3.63, 3.8) is 0 Å². The molecule has 27 heavy (non-hydrogen) atoms. The third-order valence-corrected chi connectivity index (χ3v) is 4.71. The first-order chi connectivity index (χ1) is 13.2. The summed E-state index contributed by atoms with van der Waals surface area (Å²) in [6.07, 6.45) is 0. The molecule has 1 heterocycles. The molecular weight excluding hydrogens is 340 g/mol. The second-order valence-corrected chi connectivity index (χ2v) is 6.48. The van der Waals surface area contributed by atoms with E-state index in [1.807, 2.05) is 42.5 Å². The highest BCUT2D eigenvalue weighted by Crippen LogP contribution is 2.27. The van der Waals surface area contributed by atoms with Gasteiger partial charge in [-0.3, -0.25) is 0 Å². The molecule has 144 valence electrons. The number of piperazine rings is 1. The number of nitrogens with one attached hydrogen (secondary N) is 1. The normalized spacial score (nSPS) is 15.0. The van der Waals surface area contributed by atoms with Crippen molar-refractivity contribution < 1.29 is 9.84 Å². The Kier molecular flexibility index (Phi) is 6.41. The molecule has 2 aromatic rings. The lowest BCUT2D eigenvalue weighted by Crippen LogP contribution is -2.52. The Morgan fingerprint density at radius 2 is 1.78 bits per heavy atom. The van der Waals surface area contributed by atoms with Gasteiger partial charge in [-0.05, 0) is 36.8 Å². The van der Waals surface area contributed by atoms with Crippen LogP contribution in [0.3, 0.4) is 0 Å². The first-order valence-electron chi connectivity index (χ1n) is 9.40. The van der Waals surface area contributed by atoms with Gasteiger partial charge in [0.1, 0.15) is 11.5 Å².